The number of benzene rings is 1. The van der Waals surface area contributed by atoms with Gasteiger partial charge in [-0.3, -0.25) is 4.79 Å². The Hall–Kier alpha value is -1.00. The van der Waals surface area contributed by atoms with Gasteiger partial charge >= 0.3 is 0 Å². The zero-order valence-electron chi connectivity index (χ0n) is 7.90. The SMILES string of the molecule is COCCOc1ccc(C(=O)S)cc1. The molecule has 1 aromatic rings. The fraction of sp³-hybridized carbons (Fsp3) is 0.300. The van der Waals surface area contributed by atoms with Crippen LogP contribution in [0.2, 0.25) is 0 Å². The minimum absolute atomic E-state index is 0.242. The average Bonchev–Trinajstić information content (AvgIpc) is 2.19. The summed E-state index contributed by atoms with van der Waals surface area (Å²) in [6, 6.07) is 6.83. The van der Waals surface area contributed by atoms with Gasteiger partial charge in [0.15, 0.2) is 0 Å². The highest BCUT2D eigenvalue weighted by molar-refractivity contribution is 7.97. The summed E-state index contributed by atoms with van der Waals surface area (Å²) in [7, 11) is 1.62. The Morgan fingerprint density at radius 2 is 1.93 bits per heavy atom. The molecule has 0 heterocycles. The number of carbonyl (C=O) groups is 1. The average molecular weight is 212 g/mol. The molecule has 0 aliphatic rings. The topological polar surface area (TPSA) is 35.5 Å². The van der Waals surface area contributed by atoms with Gasteiger partial charge in [0.05, 0.1) is 6.61 Å². The van der Waals surface area contributed by atoms with E-state index in [2.05, 4.69) is 12.6 Å². The predicted molar refractivity (Wildman–Crippen MR) is 57.1 cm³/mol. The van der Waals surface area contributed by atoms with Crippen molar-refractivity contribution >= 4 is 17.7 Å². The number of hydrogen-bond donors (Lipinski definition) is 1. The normalized spacial score (nSPS) is 9.86. The minimum Gasteiger partial charge on any atom is -0.491 e. The second-order valence-corrected chi connectivity index (χ2v) is 3.08. The first-order valence-electron chi connectivity index (χ1n) is 4.19. The van der Waals surface area contributed by atoms with Gasteiger partial charge in [0, 0.05) is 12.7 Å². The summed E-state index contributed by atoms with van der Waals surface area (Å²) in [4.78, 5) is 10.8. The second kappa shape index (κ2) is 5.67. The van der Waals surface area contributed by atoms with Crippen molar-refractivity contribution in [3.05, 3.63) is 29.8 Å². The van der Waals surface area contributed by atoms with E-state index in [1.807, 2.05) is 0 Å². The number of hydrogen-bond acceptors (Lipinski definition) is 3. The molecule has 0 fully saturated rings. The molecule has 0 radical (unpaired) electrons. The molecule has 0 aliphatic heterocycles. The Morgan fingerprint density at radius 1 is 1.29 bits per heavy atom. The fourth-order valence-corrected chi connectivity index (χ4v) is 1.09. The van der Waals surface area contributed by atoms with Crippen LogP contribution in [0.3, 0.4) is 0 Å². The van der Waals surface area contributed by atoms with Crippen molar-refractivity contribution in [2.24, 2.45) is 0 Å². The van der Waals surface area contributed by atoms with Crippen molar-refractivity contribution < 1.29 is 14.3 Å². The van der Waals surface area contributed by atoms with Gasteiger partial charge in [0.25, 0.3) is 0 Å². The summed E-state index contributed by atoms with van der Waals surface area (Å²) in [5.41, 5.74) is 0.562. The van der Waals surface area contributed by atoms with Crippen LogP contribution in [-0.2, 0) is 4.74 Å². The Balaban J connectivity index is 2.51. The highest BCUT2D eigenvalue weighted by Crippen LogP contribution is 2.13. The largest absolute Gasteiger partial charge is 0.491 e. The second-order valence-electron chi connectivity index (χ2n) is 2.67. The molecule has 3 nitrogen and oxygen atoms in total. The molecule has 4 heteroatoms. The highest BCUT2D eigenvalue weighted by Gasteiger charge is 1.99. The molecule has 76 valence electrons. The molecule has 0 amide bonds. The fourth-order valence-electron chi connectivity index (χ4n) is 0.937. The molecule has 0 aromatic heterocycles. The first kappa shape index (κ1) is 11.1. The summed E-state index contributed by atoms with van der Waals surface area (Å²) in [6.45, 7) is 1.05. The molecule has 0 bridgehead atoms. The van der Waals surface area contributed by atoms with E-state index in [1.165, 1.54) is 0 Å². The lowest BCUT2D eigenvalue weighted by atomic mass is 10.2. The number of thiol groups is 1. The third kappa shape index (κ3) is 3.40. The molecular weight excluding hydrogens is 200 g/mol. The highest BCUT2D eigenvalue weighted by atomic mass is 32.1. The molecule has 0 saturated heterocycles. The maximum atomic E-state index is 10.8. The van der Waals surface area contributed by atoms with Gasteiger partial charge in [-0.1, -0.05) is 0 Å². The molecule has 14 heavy (non-hydrogen) atoms. The van der Waals surface area contributed by atoms with E-state index >= 15 is 0 Å². The van der Waals surface area contributed by atoms with E-state index < -0.39 is 0 Å². The van der Waals surface area contributed by atoms with Crippen LogP contribution in [0.4, 0.5) is 0 Å². The number of carbonyl (C=O) groups excluding carboxylic acids is 1. The van der Waals surface area contributed by atoms with E-state index in [4.69, 9.17) is 9.47 Å². The maximum Gasteiger partial charge on any atom is 0.216 e. The van der Waals surface area contributed by atoms with Gasteiger partial charge < -0.3 is 9.47 Å². The van der Waals surface area contributed by atoms with Gasteiger partial charge in [-0.05, 0) is 24.3 Å². The summed E-state index contributed by atoms with van der Waals surface area (Å²) in [5.74, 6) is 0.723. The van der Waals surface area contributed by atoms with Crippen LogP contribution in [-0.4, -0.2) is 25.4 Å². The Labute approximate surface area is 88.4 Å². The number of methoxy groups -OCH3 is 1. The lowest BCUT2D eigenvalue weighted by Crippen LogP contribution is -2.04. The van der Waals surface area contributed by atoms with E-state index in [0.717, 1.165) is 5.75 Å². The third-order valence-corrected chi connectivity index (χ3v) is 1.92. The van der Waals surface area contributed by atoms with Crippen LogP contribution in [0.25, 0.3) is 0 Å². The van der Waals surface area contributed by atoms with Crippen molar-refractivity contribution in [1.29, 1.82) is 0 Å². The lowest BCUT2D eigenvalue weighted by Gasteiger charge is -2.05. The summed E-state index contributed by atoms with van der Waals surface area (Å²) < 4.78 is 10.2. The van der Waals surface area contributed by atoms with Crippen LogP contribution in [0.5, 0.6) is 5.75 Å². The Kier molecular flexibility index (Phi) is 4.49. The molecule has 0 aliphatic carbocycles. The Morgan fingerprint density at radius 3 is 2.43 bits per heavy atom. The standard InChI is InChI=1S/C10H12O3S/c1-12-6-7-13-9-4-2-8(3-5-9)10(11)14/h2-5H,6-7H2,1H3,(H,11,14). The molecule has 1 aromatic carbocycles. The summed E-state index contributed by atoms with van der Waals surface area (Å²) in [6.07, 6.45) is 0. The van der Waals surface area contributed by atoms with Crippen LogP contribution < -0.4 is 4.74 Å². The van der Waals surface area contributed by atoms with Crippen molar-refractivity contribution in [2.75, 3.05) is 20.3 Å². The first-order valence-corrected chi connectivity index (χ1v) is 4.64. The lowest BCUT2D eigenvalue weighted by molar-refractivity contribution is 0.109. The van der Waals surface area contributed by atoms with Gasteiger partial charge in [-0.2, -0.15) is 0 Å². The number of rotatable bonds is 5. The number of ether oxygens (including phenoxy) is 2. The summed E-state index contributed by atoms with van der Waals surface area (Å²) >= 11 is 3.71. The van der Waals surface area contributed by atoms with Gasteiger partial charge in [0.1, 0.15) is 12.4 Å². The van der Waals surface area contributed by atoms with Crippen molar-refractivity contribution in [3.63, 3.8) is 0 Å². The first-order chi connectivity index (χ1) is 6.74. The van der Waals surface area contributed by atoms with Crippen LogP contribution in [0.1, 0.15) is 10.4 Å². The van der Waals surface area contributed by atoms with Gasteiger partial charge in [-0.15, -0.1) is 12.6 Å². The van der Waals surface area contributed by atoms with E-state index in [9.17, 15) is 4.79 Å². The smallest absolute Gasteiger partial charge is 0.216 e. The molecule has 0 saturated carbocycles. The van der Waals surface area contributed by atoms with Crippen LogP contribution in [0, 0.1) is 0 Å². The van der Waals surface area contributed by atoms with Crippen molar-refractivity contribution in [3.8, 4) is 5.75 Å². The Bertz CT molecular complexity index is 295. The molecule has 0 unspecified atom stereocenters. The van der Waals surface area contributed by atoms with Crippen molar-refractivity contribution in [1.82, 2.24) is 0 Å². The van der Waals surface area contributed by atoms with Crippen LogP contribution >= 0.6 is 12.6 Å². The minimum atomic E-state index is -0.242. The van der Waals surface area contributed by atoms with E-state index in [0.29, 0.717) is 18.8 Å². The van der Waals surface area contributed by atoms with Crippen LogP contribution in [0.15, 0.2) is 24.3 Å². The molecular formula is C10H12O3S. The third-order valence-electron chi connectivity index (χ3n) is 1.66. The van der Waals surface area contributed by atoms with Crippen molar-refractivity contribution in [2.45, 2.75) is 0 Å². The molecule has 1 rings (SSSR count). The zero-order chi connectivity index (χ0) is 10.4. The van der Waals surface area contributed by atoms with E-state index in [1.54, 1.807) is 31.4 Å². The molecule has 0 atom stereocenters. The predicted octanol–water partition coefficient (Wildman–Crippen LogP) is 1.78. The van der Waals surface area contributed by atoms with Gasteiger partial charge in [-0.25, -0.2) is 0 Å². The monoisotopic (exact) mass is 212 g/mol. The molecule has 0 N–H and O–H groups in total. The van der Waals surface area contributed by atoms with Gasteiger partial charge in [0.2, 0.25) is 5.12 Å². The zero-order valence-corrected chi connectivity index (χ0v) is 8.79. The molecule has 0 spiro atoms. The quantitative estimate of drug-likeness (QED) is 0.597. The summed E-state index contributed by atoms with van der Waals surface area (Å²) in [5, 5.41) is -0.242. The maximum absolute atomic E-state index is 10.8. The van der Waals surface area contributed by atoms with E-state index in [-0.39, 0.29) is 5.12 Å².